The lowest BCUT2D eigenvalue weighted by atomic mass is 9.94. The van der Waals surface area contributed by atoms with Crippen molar-refractivity contribution in [2.24, 2.45) is 0 Å². The van der Waals surface area contributed by atoms with Gasteiger partial charge in [0.25, 0.3) is 0 Å². The minimum atomic E-state index is -3.17. The third-order valence-electron chi connectivity index (χ3n) is 4.28. The van der Waals surface area contributed by atoms with Gasteiger partial charge in [-0.15, -0.1) is 0 Å². The van der Waals surface area contributed by atoms with E-state index in [9.17, 15) is 8.42 Å². The summed E-state index contributed by atoms with van der Waals surface area (Å²) in [6.45, 7) is 2.27. The van der Waals surface area contributed by atoms with E-state index >= 15 is 0 Å². The minimum Gasteiger partial charge on any atom is -0.228 e. The van der Waals surface area contributed by atoms with Crippen molar-refractivity contribution in [3.05, 3.63) is 71.3 Å². The summed E-state index contributed by atoms with van der Waals surface area (Å²) in [5.74, 6) is 1.40. The van der Waals surface area contributed by atoms with Gasteiger partial charge in [0.2, 0.25) is 0 Å². The third-order valence-corrected chi connectivity index (χ3v) is 9.16. The molecule has 1 unspecified atom stereocenters. The summed E-state index contributed by atoms with van der Waals surface area (Å²) < 4.78 is 25.1. The first-order valence-electron chi connectivity index (χ1n) is 8.11. The van der Waals surface area contributed by atoms with Crippen molar-refractivity contribution in [2.45, 2.75) is 36.0 Å². The van der Waals surface area contributed by atoms with E-state index in [1.165, 1.54) is 17.7 Å². The molecule has 1 atom stereocenters. The quantitative estimate of drug-likeness (QED) is 0.670. The van der Waals surface area contributed by atoms with Crippen LogP contribution in [-0.4, -0.2) is 14.2 Å². The molecule has 2 nitrogen and oxygen atoms in total. The Hall–Kier alpha value is -0.910. The van der Waals surface area contributed by atoms with Crippen LogP contribution in [0.25, 0.3) is 0 Å². The summed E-state index contributed by atoms with van der Waals surface area (Å²) in [6.07, 6.45) is 2.36. The van der Waals surface area contributed by atoms with Crippen LogP contribution in [0.5, 0.6) is 0 Å². The van der Waals surface area contributed by atoms with E-state index in [-0.39, 0.29) is 16.3 Å². The monoisotopic (exact) mass is 378 g/mol. The van der Waals surface area contributed by atoms with Crippen molar-refractivity contribution < 1.29 is 8.42 Å². The molecular weight excluding hydrogens is 356 g/mol. The second kappa shape index (κ2) is 7.54. The van der Waals surface area contributed by atoms with E-state index in [1.807, 2.05) is 64.1 Å². The Balaban J connectivity index is 1.77. The number of hydrogen-bond acceptors (Lipinski definition) is 4. The normalized spacial score (nSPS) is 21.5. The van der Waals surface area contributed by atoms with E-state index < -0.39 is 9.84 Å². The summed E-state index contributed by atoms with van der Waals surface area (Å²) in [5, 5.41) is 0. The van der Waals surface area contributed by atoms with Gasteiger partial charge in [0.05, 0.1) is 11.5 Å². The smallest absolute Gasteiger partial charge is 0.158 e. The van der Waals surface area contributed by atoms with Crippen LogP contribution in [0.3, 0.4) is 0 Å². The van der Waals surface area contributed by atoms with E-state index in [4.69, 9.17) is 0 Å². The summed E-state index contributed by atoms with van der Waals surface area (Å²) in [6, 6.07) is 17.5. The second-order valence-electron chi connectivity index (χ2n) is 6.46. The first-order valence-corrected chi connectivity index (χ1v) is 12.3. The maximum Gasteiger partial charge on any atom is 0.158 e. The summed E-state index contributed by atoms with van der Waals surface area (Å²) >= 11 is 0. The fourth-order valence-electron chi connectivity index (χ4n) is 3.00. The molecule has 0 bridgehead atoms. The van der Waals surface area contributed by atoms with Gasteiger partial charge in [-0.1, -0.05) is 76.2 Å². The maximum absolute atomic E-state index is 12.5. The first kappa shape index (κ1) is 17.9. The van der Waals surface area contributed by atoms with Crippen molar-refractivity contribution >= 4 is 31.4 Å². The highest BCUT2D eigenvalue weighted by molar-refractivity contribution is 8.77. The highest BCUT2D eigenvalue weighted by atomic mass is 33.1. The van der Waals surface area contributed by atoms with Crippen LogP contribution >= 0.6 is 21.6 Å². The zero-order valence-electron chi connectivity index (χ0n) is 13.8. The topological polar surface area (TPSA) is 34.1 Å². The molecule has 5 heteroatoms. The van der Waals surface area contributed by atoms with Crippen LogP contribution in [0.4, 0.5) is 0 Å². The Bertz CT molecular complexity index is 779. The molecule has 0 N–H and O–H groups in total. The van der Waals surface area contributed by atoms with Crippen molar-refractivity contribution in [3.63, 3.8) is 0 Å². The van der Waals surface area contributed by atoms with Crippen LogP contribution in [-0.2, 0) is 26.1 Å². The number of benzene rings is 2. The fourth-order valence-corrected chi connectivity index (χ4v) is 7.47. The molecule has 1 heterocycles. The molecule has 3 rings (SSSR count). The zero-order chi connectivity index (χ0) is 17.0. The molecule has 0 radical (unpaired) electrons. The minimum absolute atomic E-state index is 0.0854. The van der Waals surface area contributed by atoms with Crippen LogP contribution in [0, 0.1) is 0 Å². The number of rotatable bonds is 5. The molecule has 1 aliphatic rings. The molecule has 1 fully saturated rings. The summed E-state index contributed by atoms with van der Waals surface area (Å²) in [4.78, 5) is 0. The Labute approximate surface area is 152 Å². The average molecular weight is 379 g/mol. The average Bonchev–Trinajstić information content (AvgIpc) is 2.56. The van der Waals surface area contributed by atoms with Crippen molar-refractivity contribution in [3.8, 4) is 0 Å². The molecule has 0 aromatic heterocycles. The van der Waals surface area contributed by atoms with Gasteiger partial charge < -0.3 is 0 Å². The second-order valence-corrected chi connectivity index (χ2v) is 11.4. The standard InChI is InChI=1S/C19H22O2S3/c1-19(11-6-12-22-23-19)18-10-5-9-17(13-18)15-24(20,21)14-16-7-3-2-4-8-16/h2-5,7-10,13H,6,11-12,14-15H2,1H3. The third kappa shape index (κ3) is 4.58. The van der Waals surface area contributed by atoms with Gasteiger partial charge in [-0.25, -0.2) is 8.42 Å². The molecular formula is C19H22O2S3. The highest BCUT2D eigenvalue weighted by Crippen LogP contribution is 2.50. The summed E-state index contributed by atoms with van der Waals surface area (Å²) in [5.41, 5.74) is 2.98. The highest BCUT2D eigenvalue weighted by Gasteiger charge is 2.30. The lowest BCUT2D eigenvalue weighted by Crippen LogP contribution is -2.20. The van der Waals surface area contributed by atoms with Gasteiger partial charge in [0.15, 0.2) is 9.84 Å². The maximum atomic E-state index is 12.5. The van der Waals surface area contributed by atoms with Gasteiger partial charge in [0.1, 0.15) is 0 Å². The Kier molecular flexibility index (Phi) is 5.63. The van der Waals surface area contributed by atoms with Crippen molar-refractivity contribution in [2.75, 3.05) is 5.75 Å². The molecule has 0 saturated carbocycles. The lowest BCUT2D eigenvalue weighted by Gasteiger charge is -2.32. The molecule has 0 aliphatic carbocycles. The number of sulfone groups is 1. The van der Waals surface area contributed by atoms with Gasteiger partial charge in [-0.2, -0.15) is 0 Å². The SMILES string of the molecule is CC1(c2cccc(CS(=O)(=O)Cc3ccccc3)c2)CCCSS1. The molecule has 1 saturated heterocycles. The summed E-state index contributed by atoms with van der Waals surface area (Å²) in [7, 11) is 0.664. The Morgan fingerprint density at radius 3 is 2.42 bits per heavy atom. The van der Waals surface area contributed by atoms with Crippen molar-refractivity contribution in [1.82, 2.24) is 0 Å². The predicted octanol–water partition coefficient (Wildman–Crippen LogP) is 5.19. The van der Waals surface area contributed by atoms with Crippen LogP contribution in [0.15, 0.2) is 54.6 Å². The Morgan fingerprint density at radius 2 is 1.71 bits per heavy atom. The molecule has 2 aromatic rings. The van der Waals surface area contributed by atoms with Crippen LogP contribution < -0.4 is 0 Å². The molecule has 0 amide bonds. The molecule has 2 aromatic carbocycles. The molecule has 0 spiro atoms. The lowest BCUT2D eigenvalue weighted by molar-refractivity contribution is 0.593. The molecule has 1 aliphatic heterocycles. The van der Waals surface area contributed by atoms with E-state index in [2.05, 4.69) is 19.1 Å². The van der Waals surface area contributed by atoms with Crippen LogP contribution in [0.2, 0.25) is 0 Å². The predicted molar refractivity (Wildman–Crippen MR) is 106 cm³/mol. The van der Waals surface area contributed by atoms with Gasteiger partial charge in [0, 0.05) is 10.5 Å². The van der Waals surface area contributed by atoms with Gasteiger partial charge >= 0.3 is 0 Å². The largest absolute Gasteiger partial charge is 0.228 e. The van der Waals surface area contributed by atoms with Crippen molar-refractivity contribution in [1.29, 1.82) is 0 Å². The molecule has 128 valence electrons. The van der Waals surface area contributed by atoms with E-state index in [0.717, 1.165) is 17.5 Å². The first-order chi connectivity index (χ1) is 11.5. The molecule has 24 heavy (non-hydrogen) atoms. The Morgan fingerprint density at radius 1 is 1.00 bits per heavy atom. The van der Waals surface area contributed by atoms with E-state index in [1.54, 1.807) is 0 Å². The fraction of sp³-hybridized carbons (Fsp3) is 0.368. The van der Waals surface area contributed by atoms with Gasteiger partial charge in [-0.3, -0.25) is 0 Å². The van der Waals surface area contributed by atoms with E-state index in [0.29, 0.717) is 0 Å². The van der Waals surface area contributed by atoms with Gasteiger partial charge in [-0.05, 0) is 36.5 Å². The number of hydrogen-bond donors (Lipinski definition) is 0. The zero-order valence-corrected chi connectivity index (χ0v) is 16.2. The van der Waals surface area contributed by atoms with Crippen LogP contribution in [0.1, 0.15) is 36.5 Å².